The zero-order valence-electron chi connectivity index (χ0n) is 13.6. The standard InChI is InChI=1S/C17H29N3O/c1-4-21-16-9-5-7-14(11-16)17(12-18)20(3)15-8-6-10-19(2)13-15/h5,7,9,11,15,17H,4,6,8,10,12-13,18H2,1-3H3. The molecule has 0 aliphatic carbocycles. The summed E-state index contributed by atoms with van der Waals surface area (Å²) in [7, 11) is 4.40. The molecule has 2 unspecified atom stereocenters. The number of nitrogens with zero attached hydrogens (tertiary/aromatic N) is 2. The second-order valence-corrected chi connectivity index (χ2v) is 5.98. The number of hydrogen-bond donors (Lipinski definition) is 1. The lowest BCUT2D eigenvalue weighted by atomic mass is 9.99. The molecule has 0 aromatic heterocycles. The van der Waals surface area contributed by atoms with E-state index in [-0.39, 0.29) is 6.04 Å². The van der Waals surface area contributed by atoms with Crippen LogP contribution in [0.3, 0.4) is 0 Å². The average molecular weight is 291 g/mol. The fraction of sp³-hybridized carbons (Fsp3) is 0.647. The Balaban J connectivity index is 2.12. The van der Waals surface area contributed by atoms with Gasteiger partial charge in [-0.15, -0.1) is 0 Å². The first-order valence-electron chi connectivity index (χ1n) is 7.99. The van der Waals surface area contributed by atoms with Crippen LogP contribution in [0.4, 0.5) is 0 Å². The molecular weight excluding hydrogens is 262 g/mol. The van der Waals surface area contributed by atoms with Crippen molar-refractivity contribution < 1.29 is 4.74 Å². The van der Waals surface area contributed by atoms with Crippen LogP contribution in [0.5, 0.6) is 5.75 Å². The minimum absolute atomic E-state index is 0.252. The highest BCUT2D eigenvalue weighted by atomic mass is 16.5. The minimum Gasteiger partial charge on any atom is -0.494 e. The number of hydrogen-bond acceptors (Lipinski definition) is 4. The first-order chi connectivity index (χ1) is 10.2. The fourth-order valence-electron chi connectivity index (χ4n) is 3.24. The zero-order chi connectivity index (χ0) is 15.2. The van der Waals surface area contributed by atoms with Crippen LogP contribution in [-0.2, 0) is 0 Å². The molecule has 1 aromatic carbocycles. The number of benzene rings is 1. The molecule has 0 amide bonds. The minimum atomic E-state index is 0.252. The van der Waals surface area contributed by atoms with E-state index in [2.05, 4.69) is 42.1 Å². The van der Waals surface area contributed by atoms with Gasteiger partial charge in [-0.1, -0.05) is 12.1 Å². The average Bonchev–Trinajstić information content (AvgIpc) is 2.49. The van der Waals surface area contributed by atoms with Crippen molar-refractivity contribution in [2.45, 2.75) is 31.8 Å². The summed E-state index contributed by atoms with van der Waals surface area (Å²) in [6.45, 7) is 5.67. The van der Waals surface area contributed by atoms with Gasteiger partial charge in [-0.2, -0.15) is 0 Å². The second kappa shape index (κ2) is 7.78. The number of ether oxygens (including phenoxy) is 1. The number of likely N-dealkylation sites (tertiary alicyclic amines) is 1. The highest BCUT2D eigenvalue weighted by Crippen LogP contribution is 2.26. The summed E-state index contributed by atoms with van der Waals surface area (Å²) >= 11 is 0. The molecule has 1 aliphatic rings. The van der Waals surface area contributed by atoms with Gasteiger partial charge in [0.05, 0.1) is 6.61 Å². The predicted octanol–water partition coefficient (Wildman–Crippen LogP) is 2.11. The third kappa shape index (κ3) is 4.19. The maximum Gasteiger partial charge on any atom is 0.119 e. The van der Waals surface area contributed by atoms with Crippen LogP contribution in [0, 0.1) is 0 Å². The van der Waals surface area contributed by atoms with Crippen LogP contribution in [0.2, 0.25) is 0 Å². The maximum absolute atomic E-state index is 6.07. The zero-order valence-corrected chi connectivity index (χ0v) is 13.6. The van der Waals surface area contributed by atoms with E-state index in [4.69, 9.17) is 10.5 Å². The Labute approximate surface area is 128 Å². The van der Waals surface area contributed by atoms with Crippen LogP contribution >= 0.6 is 0 Å². The smallest absolute Gasteiger partial charge is 0.119 e. The molecule has 1 aromatic rings. The molecule has 21 heavy (non-hydrogen) atoms. The van der Waals surface area contributed by atoms with Crippen molar-refractivity contribution in [1.82, 2.24) is 9.80 Å². The van der Waals surface area contributed by atoms with Crippen molar-refractivity contribution in [1.29, 1.82) is 0 Å². The van der Waals surface area contributed by atoms with E-state index >= 15 is 0 Å². The van der Waals surface area contributed by atoms with Gasteiger partial charge in [-0.05, 0) is 58.1 Å². The summed E-state index contributed by atoms with van der Waals surface area (Å²) < 4.78 is 5.62. The molecule has 1 saturated heterocycles. The molecular formula is C17H29N3O. The molecule has 4 nitrogen and oxygen atoms in total. The maximum atomic E-state index is 6.07. The summed E-state index contributed by atoms with van der Waals surface area (Å²) in [5.74, 6) is 0.933. The van der Waals surface area contributed by atoms with Gasteiger partial charge >= 0.3 is 0 Å². The van der Waals surface area contributed by atoms with Crippen molar-refractivity contribution in [3.8, 4) is 5.75 Å². The van der Waals surface area contributed by atoms with E-state index < -0.39 is 0 Å². The van der Waals surface area contributed by atoms with Crippen LogP contribution < -0.4 is 10.5 Å². The Hall–Kier alpha value is -1.10. The first kappa shape index (κ1) is 16.3. The Morgan fingerprint density at radius 1 is 1.48 bits per heavy atom. The summed E-state index contributed by atoms with van der Waals surface area (Å²) in [4.78, 5) is 4.86. The second-order valence-electron chi connectivity index (χ2n) is 5.98. The number of nitrogens with two attached hydrogens (primary N) is 1. The number of likely N-dealkylation sites (N-methyl/N-ethyl adjacent to an activating group) is 2. The van der Waals surface area contributed by atoms with Crippen LogP contribution in [0.25, 0.3) is 0 Å². The lowest BCUT2D eigenvalue weighted by Gasteiger charge is -2.40. The molecule has 118 valence electrons. The number of piperidine rings is 1. The van der Waals surface area contributed by atoms with E-state index in [9.17, 15) is 0 Å². The van der Waals surface area contributed by atoms with Crippen molar-refractivity contribution in [2.24, 2.45) is 5.73 Å². The third-order valence-corrected chi connectivity index (χ3v) is 4.44. The van der Waals surface area contributed by atoms with Gasteiger partial charge in [0.1, 0.15) is 5.75 Å². The lowest BCUT2D eigenvalue weighted by molar-refractivity contribution is 0.101. The van der Waals surface area contributed by atoms with Gasteiger partial charge in [0.25, 0.3) is 0 Å². The summed E-state index contributed by atoms with van der Waals surface area (Å²) in [5, 5.41) is 0. The molecule has 4 heteroatoms. The summed E-state index contributed by atoms with van der Waals surface area (Å²) in [5.41, 5.74) is 7.32. The van der Waals surface area contributed by atoms with E-state index in [1.807, 2.05) is 13.0 Å². The fourth-order valence-corrected chi connectivity index (χ4v) is 3.24. The van der Waals surface area contributed by atoms with Gasteiger partial charge in [0, 0.05) is 25.2 Å². The van der Waals surface area contributed by atoms with E-state index in [0.29, 0.717) is 19.2 Å². The third-order valence-electron chi connectivity index (χ3n) is 4.44. The highest BCUT2D eigenvalue weighted by molar-refractivity contribution is 5.31. The molecule has 0 saturated carbocycles. The number of rotatable bonds is 6. The molecule has 1 heterocycles. The molecule has 2 rings (SSSR count). The SMILES string of the molecule is CCOc1cccc(C(CN)N(C)C2CCCN(C)C2)c1. The topological polar surface area (TPSA) is 41.7 Å². The molecule has 1 aliphatic heterocycles. The predicted molar refractivity (Wildman–Crippen MR) is 87.7 cm³/mol. The summed E-state index contributed by atoms with van der Waals surface area (Å²) in [6, 6.07) is 9.18. The highest BCUT2D eigenvalue weighted by Gasteiger charge is 2.26. The van der Waals surface area contributed by atoms with Crippen molar-refractivity contribution in [3.05, 3.63) is 29.8 Å². The van der Waals surface area contributed by atoms with E-state index in [0.717, 1.165) is 12.3 Å². The van der Waals surface area contributed by atoms with Crippen molar-refractivity contribution in [3.63, 3.8) is 0 Å². The van der Waals surface area contributed by atoms with Crippen LogP contribution in [-0.4, -0.2) is 56.2 Å². The molecule has 0 radical (unpaired) electrons. The van der Waals surface area contributed by atoms with Gasteiger partial charge < -0.3 is 15.4 Å². The molecule has 2 atom stereocenters. The van der Waals surface area contributed by atoms with Crippen molar-refractivity contribution in [2.75, 3.05) is 40.3 Å². The summed E-state index contributed by atoms with van der Waals surface area (Å²) in [6.07, 6.45) is 2.52. The Kier molecular flexibility index (Phi) is 6.03. The van der Waals surface area contributed by atoms with Crippen LogP contribution in [0.1, 0.15) is 31.4 Å². The lowest BCUT2D eigenvalue weighted by Crippen LogP contribution is -2.47. The van der Waals surface area contributed by atoms with Gasteiger partial charge in [0.15, 0.2) is 0 Å². The molecule has 2 N–H and O–H groups in total. The van der Waals surface area contributed by atoms with E-state index in [1.165, 1.54) is 24.9 Å². The largest absolute Gasteiger partial charge is 0.494 e. The van der Waals surface area contributed by atoms with Gasteiger partial charge in [-0.25, -0.2) is 0 Å². The molecule has 1 fully saturated rings. The quantitative estimate of drug-likeness (QED) is 0.871. The first-order valence-corrected chi connectivity index (χ1v) is 7.99. The monoisotopic (exact) mass is 291 g/mol. The van der Waals surface area contributed by atoms with Gasteiger partial charge in [0.2, 0.25) is 0 Å². The van der Waals surface area contributed by atoms with Crippen molar-refractivity contribution >= 4 is 0 Å². The van der Waals surface area contributed by atoms with E-state index in [1.54, 1.807) is 0 Å². The van der Waals surface area contributed by atoms with Gasteiger partial charge in [-0.3, -0.25) is 4.90 Å². The molecule has 0 bridgehead atoms. The van der Waals surface area contributed by atoms with Crippen LogP contribution in [0.15, 0.2) is 24.3 Å². The normalized spacial score (nSPS) is 21.5. The Bertz CT molecular complexity index is 438. The Morgan fingerprint density at radius 3 is 2.95 bits per heavy atom. The molecule has 0 spiro atoms. The Morgan fingerprint density at radius 2 is 2.29 bits per heavy atom.